The molecule has 0 unspecified atom stereocenters. The number of aryl methyl sites for hydroxylation is 1. The first kappa shape index (κ1) is 20.4. The van der Waals surface area contributed by atoms with Crippen LogP contribution in [0.15, 0.2) is 36.4 Å². The lowest BCUT2D eigenvalue weighted by molar-refractivity contribution is -0.137. The number of alkyl halides is 3. The van der Waals surface area contributed by atoms with E-state index in [0.717, 1.165) is 29.9 Å². The van der Waals surface area contributed by atoms with Crippen LogP contribution in [0.1, 0.15) is 45.1 Å². The lowest BCUT2D eigenvalue weighted by Crippen LogP contribution is -2.30. The molecule has 0 fully saturated rings. The minimum Gasteiger partial charge on any atom is -0.387 e. The summed E-state index contributed by atoms with van der Waals surface area (Å²) in [6, 6.07) is 8.31. The Morgan fingerprint density at radius 1 is 1.31 bits per heavy atom. The number of nitrogens with two attached hydrogens (primary N) is 1. The van der Waals surface area contributed by atoms with Crippen LogP contribution < -0.4 is 11.1 Å². The van der Waals surface area contributed by atoms with Crippen LogP contribution in [-0.2, 0) is 12.6 Å². The smallest absolute Gasteiger partial charge is 0.387 e. The molecule has 2 atom stereocenters. The van der Waals surface area contributed by atoms with Crippen LogP contribution in [0.5, 0.6) is 0 Å². The molecule has 0 saturated carbocycles. The molecule has 1 aromatic heterocycles. The first-order chi connectivity index (χ1) is 12.2. The zero-order chi connectivity index (χ0) is 19.3. The van der Waals surface area contributed by atoms with Crippen LogP contribution >= 0.6 is 11.3 Å². The molecule has 1 amide bonds. The predicted molar refractivity (Wildman–Crippen MR) is 95.0 cm³/mol. The summed E-state index contributed by atoms with van der Waals surface area (Å²) in [4.78, 5) is 12.6. The molecule has 1 heterocycles. The fourth-order valence-corrected chi connectivity index (χ4v) is 3.33. The van der Waals surface area contributed by atoms with Gasteiger partial charge < -0.3 is 16.2 Å². The highest BCUT2D eigenvalue weighted by atomic mass is 32.1. The van der Waals surface area contributed by atoms with Gasteiger partial charge in [-0.05, 0) is 49.6 Å². The van der Waals surface area contributed by atoms with E-state index in [4.69, 9.17) is 5.73 Å². The number of aliphatic hydroxyl groups excluding tert-OH is 1. The van der Waals surface area contributed by atoms with E-state index >= 15 is 0 Å². The third-order valence-corrected chi connectivity index (χ3v) is 5.15. The van der Waals surface area contributed by atoms with Crippen molar-refractivity contribution in [2.75, 3.05) is 6.54 Å². The molecular formula is C18H21F3N2O2S. The van der Waals surface area contributed by atoms with E-state index in [1.165, 1.54) is 23.5 Å². The molecule has 142 valence electrons. The number of hydrogen-bond acceptors (Lipinski definition) is 4. The normalized spacial score (nSPS) is 14.2. The molecule has 0 saturated heterocycles. The highest BCUT2D eigenvalue weighted by molar-refractivity contribution is 7.14. The Kier molecular flexibility index (Phi) is 6.80. The number of rotatable bonds is 8. The molecule has 0 spiro atoms. The highest BCUT2D eigenvalue weighted by Gasteiger charge is 2.30. The van der Waals surface area contributed by atoms with E-state index < -0.39 is 23.8 Å². The Morgan fingerprint density at radius 3 is 2.65 bits per heavy atom. The topological polar surface area (TPSA) is 75.4 Å². The van der Waals surface area contributed by atoms with E-state index in [-0.39, 0.29) is 18.2 Å². The summed E-state index contributed by atoms with van der Waals surface area (Å²) in [5.41, 5.74) is 4.67. The number of primary amides is 1. The lowest BCUT2D eigenvalue weighted by Gasteiger charge is -2.18. The first-order valence-electron chi connectivity index (χ1n) is 8.14. The Bertz CT molecular complexity index is 746. The van der Waals surface area contributed by atoms with Crippen LogP contribution in [0.3, 0.4) is 0 Å². The van der Waals surface area contributed by atoms with Crippen molar-refractivity contribution in [3.05, 3.63) is 57.3 Å². The van der Waals surface area contributed by atoms with Gasteiger partial charge in [0.05, 0.1) is 16.5 Å². The molecule has 0 bridgehead atoms. The van der Waals surface area contributed by atoms with Gasteiger partial charge in [0.25, 0.3) is 5.91 Å². The van der Waals surface area contributed by atoms with E-state index in [2.05, 4.69) is 5.32 Å². The van der Waals surface area contributed by atoms with Crippen molar-refractivity contribution in [3.63, 3.8) is 0 Å². The van der Waals surface area contributed by atoms with Gasteiger partial charge in [-0.25, -0.2) is 0 Å². The molecule has 4 nitrogen and oxygen atoms in total. The Labute approximate surface area is 153 Å². The molecule has 8 heteroatoms. The van der Waals surface area contributed by atoms with Gasteiger partial charge in [-0.15, -0.1) is 11.3 Å². The van der Waals surface area contributed by atoms with Crippen LogP contribution in [0, 0.1) is 0 Å². The van der Waals surface area contributed by atoms with Gasteiger partial charge in [0.1, 0.15) is 0 Å². The van der Waals surface area contributed by atoms with Crippen LogP contribution in [0.25, 0.3) is 0 Å². The van der Waals surface area contributed by atoms with E-state index in [1.807, 2.05) is 13.0 Å². The van der Waals surface area contributed by atoms with E-state index in [9.17, 15) is 23.1 Å². The summed E-state index contributed by atoms with van der Waals surface area (Å²) in [7, 11) is 0. The Balaban J connectivity index is 1.82. The highest BCUT2D eigenvalue weighted by Crippen LogP contribution is 2.30. The predicted octanol–water partition coefficient (Wildman–Crippen LogP) is 3.51. The number of aliphatic hydroxyl groups is 1. The molecule has 2 aromatic rings. The maximum atomic E-state index is 12.7. The monoisotopic (exact) mass is 386 g/mol. The maximum absolute atomic E-state index is 12.7. The fourth-order valence-electron chi connectivity index (χ4n) is 2.46. The van der Waals surface area contributed by atoms with Crippen LogP contribution in [-0.4, -0.2) is 23.6 Å². The molecule has 1 aromatic carbocycles. The molecule has 4 N–H and O–H groups in total. The van der Waals surface area contributed by atoms with Gasteiger partial charge in [0, 0.05) is 17.5 Å². The summed E-state index contributed by atoms with van der Waals surface area (Å²) in [6.45, 7) is 2.08. The maximum Gasteiger partial charge on any atom is 0.416 e. The second kappa shape index (κ2) is 8.66. The number of amides is 1. The number of nitrogens with one attached hydrogen (secondary N) is 1. The molecule has 0 aliphatic heterocycles. The summed E-state index contributed by atoms with van der Waals surface area (Å²) in [6.07, 6.45) is -3.95. The van der Waals surface area contributed by atoms with Crippen molar-refractivity contribution in [1.82, 2.24) is 5.32 Å². The van der Waals surface area contributed by atoms with E-state index in [1.54, 1.807) is 6.07 Å². The minimum absolute atomic E-state index is 0.0505. The molecule has 0 radical (unpaired) electrons. The van der Waals surface area contributed by atoms with Crippen molar-refractivity contribution in [3.8, 4) is 0 Å². The average molecular weight is 386 g/mol. The molecule has 0 aliphatic carbocycles. The van der Waals surface area contributed by atoms with Crippen molar-refractivity contribution in [1.29, 1.82) is 0 Å². The SMILES string of the molecule is C[C@H](CCc1ccc(C(N)=O)s1)NC[C@H](O)c1cccc(C(F)(F)F)c1. The third-order valence-electron chi connectivity index (χ3n) is 3.99. The number of carbonyl (C=O) groups is 1. The Hall–Kier alpha value is -1.90. The van der Waals surface area contributed by atoms with Crippen molar-refractivity contribution < 1.29 is 23.1 Å². The number of hydrogen-bond donors (Lipinski definition) is 3. The van der Waals surface area contributed by atoms with Gasteiger partial charge in [-0.1, -0.05) is 12.1 Å². The zero-order valence-corrected chi connectivity index (χ0v) is 15.0. The van der Waals surface area contributed by atoms with Gasteiger partial charge in [0.2, 0.25) is 0 Å². The Morgan fingerprint density at radius 2 is 2.04 bits per heavy atom. The van der Waals surface area contributed by atoms with Gasteiger partial charge in [-0.2, -0.15) is 13.2 Å². The van der Waals surface area contributed by atoms with Crippen molar-refractivity contribution in [2.24, 2.45) is 5.73 Å². The summed E-state index contributed by atoms with van der Waals surface area (Å²) in [5, 5.41) is 13.3. The van der Waals surface area contributed by atoms with Crippen LogP contribution in [0.2, 0.25) is 0 Å². The summed E-state index contributed by atoms with van der Waals surface area (Å²) in [5.74, 6) is -0.448. The lowest BCUT2D eigenvalue weighted by atomic mass is 10.0. The van der Waals surface area contributed by atoms with E-state index in [0.29, 0.717) is 4.88 Å². The van der Waals surface area contributed by atoms with Gasteiger partial charge in [-0.3, -0.25) is 4.79 Å². The molecule has 0 aliphatic rings. The second-order valence-electron chi connectivity index (χ2n) is 6.12. The number of carbonyl (C=O) groups excluding carboxylic acids is 1. The molecule has 2 rings (SSSR count). The second-order valence-corrected chi connectivity index (χ2v) is 7.29. The standard InChI is InChI=1S/C18H21F3N2O2S/c1-11(5-6-14-7-8-16(26-14)17(22)25)23-10-15(24)12-3-2-4-13(9-12)18(19,20)21/h2-4,7-9,11,15,23-24H,5-6,10H2,1H3,(H2,22,25)/t11-,15+/m1/s1. The minimum atomic E-state index is -4.43. The van der Waals surface area contributed by atoms with Crippen molar-refractivity contribution >= 4 is 17.2 Å². The third kappa shape index (κ3) is 5.82. The summed E-state index contributed by atoms with van der Waals surface area (Å²) < 4.78 is 38.2. The van der Waals surface area contributed by atoms with Gasteiger partial charge in [0.15, 0.2) is 0 Å². The quantitative estimate of drug-likeness (QED) is 0.650. The number of halogens is 3. The molecule has 26 heavy (non-hydrogen) atoms. The number of thiophene rings is 1. The fraction of sp³-hybridized carbons (Fsp3) is 0.389. The first-order valence-corrected chi connectivity index (χ1v) is 8.95. The summed E-state index contributed by atoms with van der Waals surface area (Å²) >= 11 is 1.35. The molecular weight excluding hydrogens is 365 g/mol. The van der Waals surface area contributed by atoms with Crippen LogP contribution in [0.4, 0.5) is 13.2 Å². The average Bonchev–Trinajstić information content (AvgIpc) is 3.06. The number of benzene rings is 1. The van der Waals surface area contributed by atoms with Gasteiger partial charge >= 0.3 is 6.18 Å². The largest absolute Gasteiger partial charge is 0.416 e. The van der Waals surface area contributed by atoms with Crippen molar-refractivity contribution in [2.45, 2.75) is 38.1 Å². The zero-order valence-electron chi connectivity index (χ0n) is 14.2.